The van der Waals surface area contributed by atoms with Crippen molar-refractivity contribution in [3.63, 3.8) is 0 Å². The molecule has 0 aliphatic carbocycles. The van der Waals surface area contributed by atoms with E-state index in [1.165, 1.54) is 0 Å². The highest BCUT2D eigenvalue weighted by molar-refractivity contribution is 7.98. The van der Waals surface area contributed by atoms with E-state index >= 15 is 0 Å². The van der Waals surface area contributed by atoms with Crippen LogP contribution < -0.4 is 10.6 Å². The molecule has 0 saturated heterocycles. The van der Waals surface area contributed by atoms with E-state index < -0.39 is 11.8 Å². The number of hydrogen-bond donors (Lipinski definition) is 2. The lowest BCUT2D eigenvalue weighted by Gasteiger charge is -2.13. The Morgan fingerprint density at radius 3 is 2.35 bits per heavy atom. The second-order valence-electron chi connectivity index (χ2n) is 5.38. The molecule has 0 heterocycles. The van der Waals surface area contributed by atoms with Crippen LogP contribution >= 0.6 is 11.8 Å². The first kappa shape index (κ1) is 17.1. The Morgan fingerprint density at radius 2 is 1.65 bits per heavy atom. The van der Waals surface area contributed by atoms with E-state index in [1.54, 1.807) is 23.9 Å². The van der Waals surface area contributed by atoms with Crippen LogP contribution in [0.15, 0.2) is 53.4 Å². The van der Waals surface area contributed by atoms with Crippen molar-refractivity contribution in [1.82, 2.24) is 0 Å². The quantitative estimate of drug-likeness (QED) is 0.656. The van der Waals surface area contributed by atoms with E-state index in [4.69, 9.17) is 0 Å². The summed E-state index contributed by atoms with van der Waals surface area (Å²) in [4.78, 5) is 25.2. The van der Waals surface area contributed by atoms with Gasteiger partial charge in [-0.25, -0.2) is 0 Å². The summed E-state index contributed by atoms with van der Waals surface area (Å²) in [5.74, 6) is -1.10. The lowest BCUT2D eigenvalue weighted by atomic mass is 10.0. The van der Waals surface area contributed by atoms with Crippen LogP contribution in [0.1, 0.15) is 25.3 Å². The largest absolute Gasteiger partial charge is 0.318 e. The summed E-state index contributed by atoms with van der Waals surface area (Å²) in [6.07, 6.45) is 1.95. The number of benzene rings is 2. The molecule has 0 bridgehead atoms. The zero-order valence-electron chi connectivity index (χ0n) is 13.4. The SMILES string of the molecule is CSc1cccc(NC(=O)C(=O)Nc2ccccc2C(C)C)c1. The molecule has 0 aromatic heterocycles. The molecule has 0 saturated carbocycles. The van der Waals surface area contributed by atoms with E-state index in [2.05, 4.69) is 10.6 Å². The average Bonchev–Trinajstić information content (AvgIpc) is 2.55. The molecular formula is C18H20N2O2S. The van der Waals surface area contributed by atoms with Crippen molar-refractivity contribution < 1.29 is 9.59 Å². The standard InChI is InChI=1S/C18H20N2O2S/c1-12(2)15-9-4-5-10-16(15)20-18(22)17(21)19-13-7-6-8-14(11-13)23-3/h4-12H,1-3H3,(H,19,21)(H,20,22). The third-order valence-electron chi connectivity index (χ3n) is 3.36. The third-order valence-corrected chi connectivity index (χ3v) is 4.09. The fourth-order valence-corrected chi connectivity index (χ4v) is 2.64. The molecular weight excluding hydrogens is 308 g/mol. The van der Waals surface area contributed by atoms with Crippen LogP contribution in [-0.2, 0) is 9.59 Å². The number of thioether (sulfide) groups is 1. The molecule has 120 valence electrons. The molecule has 2 rings (SSSR count). The normalized spacial score (nSPS) is 10.4. The third kappa shape index (κ3) is 4.60. The number of anilines is 2. The Labute approximate surface area is 140 Å². The predicted molar refractivity (Wildman–Crippen MR) is 96.0 cm³/mol. The molecule has 2 aromatic carbocycles. The molecule has 2 amide bonds. The van der Waals surface area contributed by atoms with Gasteiger partial charge in [0.05, 0.1) is 0 Å². The molecule has 2 N–H and O–H groups in total. The second-order valence-corrected chi connectivity index (χ2v) is 6.26. The summed E-state index contributed by atoms with van der Waals surface area (Å²) in [6, 6.07) is 14.9. The van der Waals surface area contributed by atoms with Gasteiger partial charge in [-0.2, -0.15) is 0 Å². The Bertz CT molecular complexity index is 714. The first-order chi connectivity index (χ1) is 11.0. The molecule has 4 nitrogen and oxygen atoms in total. The Hall–Kier alpha value is -2.27. The van der Waals surface area contributed by atoms with Crippen molar-refractivity contribution in [3.05, 3.63) is 54.1 Å². The van der Waals surface area contributed by atoms with E-state index in [0.717, 1.165) is 10.5 Å². The number of carbonyl (C=O) groups is 2. The van der Waals surface area contributed by atoms with Crippen LogP contribution in [0, 0.1) is 0 Å². The second kappa shape index (κ2) is 7.83. The van der Waals surface area contributed by atoms with Crippen LogP contribution in [0.25, 0.3) is 0 Å². The van der Waals surface area contributed by atoms with Crippen molar-refractivity contribution in [3.8, 4) is 0 Å². The van der Waals surface area contributed by atoms with Gasteiger partial charge in [0.1, 0.15) is 0 Å². The van der Waals surface area contributed by atoms with Crippen LogP contribution in [0.3, 0.4) is 0 Å². The van der Waals surface area contributed by atoms with Gasteiger partial charge in [-0.15, -0.1) is 11.8 Å². The van der Waals surface area contributed by atoms with Crippen molar-refractivity contribution >= 4 is 35.0 Å². The van der Waals surface area contributed by atoms with E-state index in [9.17, 15) is 9.59 Å². The highest BCUT2D eigenvalue weighted by Gasteiger charge is 2.16. The van der Waals surface area contributed by atoms with Gasteiger partial charge in [0.15, 0.2) is 0 Å². The smallest absolute Gasteiger partial charge is 0.314 e. The predicted octanol–water partition coefficient (Wildman–Crippen LogP) is 4.11. The van der Waals surface area contributed by atoms with Crippen LogP contribution in [0.2, 0.25) is 0 Å². The van der Waals surface area contributed by atoms with Gasteiger partial charge in [-0.1, -0.05) is 38.1 Å². The fraction of sp³-hybridized carbons (Fsp3) is 0.222. The number of nitrogens with one attached hydrogen (secondary N) is 2. The van der Waals surface area contributed by atoms with Crippen LogP contribution in [0.5, 0.6) is 0 Å². The van der Waals surface area contributed by atoms with Gasteiger partial charge in [0.2, 0.25) is 0 Å². The number of amides is 2. The summed E-state index contributed by atoms with van der Waals surface area (Å²) in [6.45, 7) is 4.08. The Balaban J connectivity index is 2.07. The average molecular weight is 328 g/mol. The summed E-state index contributed by atoms with van der Waals surface area (Å²) in [5.41, 5.74) is 2.27. The summed E-state index contributed by atoms with van der Waals surface area (Å²) in [5, 5.41) is 5.31. The maximum atomic E-state index is 12.1. The topological polar surface area (TPSA) is 58.2 Å². The zero-order chi connectivity index (χ0) is 16.8. The van der Waals surface area contributed by atoms with Gasteiger partial charge in [-0.3, -0.25) is 9.59 Å². The number of rotatable bonds is 4. The number of carbonyl (C=O) groups excluding carboxylic acids is 2. The molecule has 0 aliphatic rings. The van der Waals surface area contributed by atoms with Gasteiger partial charge in [0, 0.05) is 16.3 Å². The van der Waals surface area contributed by atoms with E-state index in [-0.39, 0.29) is 5.92 Å². The monoisotopic (exact) mass is 328 g/mol. The minimum atomic E-state index is -0.679. The highest BCUT2D eigenvalue weighted by atomic mass is 32.2. The molecule has 2 aromatic rings. The first-order valence-corrected chi connectivity index (χ1v) is 8.59. The van der Waals surface area contributed by atoms with E-state index in [1.807, 2.05) is 56.5 Å². The summed E-state index contributed by atoms with van der Waals surface area (Å²) < 4.78 is 0. The molecule has 5 heteroatoms. The summed E-state index contributed by atoms with van der Waals surface area (Å²) in [7, 11) is 0. The van der Waals surface area contributed by atoms with Crippen molar-refractivity contribution in [2.45, 2.75) is 24.7 Å². The molecule has 0 radical (unpaired) electrons. The lowest BCUT2D eigenvalue weighted by molar-refractivity contribution is -0.133. The molecule has 0 unspecified atom stereocenters. The minimum Gasteiger partial charge on any atom is -0.318 e. The molecule has 0 atom stereocenters. The molecule has 0 aliphatic heterocycles. The number of para-hydroxylation sites is 1. The van der Waals surface area contributed by atoms with Gasteiger partial charge < -0.3 is 10.6 Å². The lowest BCUT2D eigenvalue weighted by Crippen LogP contribution is -2.29. The minimum absolute atomic E-state index is 0.257. The first-order valence-electron chi connectivity index (χ1n) is 7.36. The summed E-state index contributed by atoms with van der Waals surface area (Å²) >= 11 is 1.57. The van der Waals surface area contributed by atoms with Crippen molar-refractivity contribution in [2.24, 2.45) is 0 Å². The maximum Gasteiger partial charge on any atom is 0.314 e. The molecule has 23 heavy (non-hydrogen) atoms. The van der Waals surface area contributed by atoms with Gasteiger partial charge in [0.25, 0.3) is 0 Å². The Kier molecular flexibility index (Phi) is 5.82. The van der Waals surface area contributed by atoms with Crippen molar-refractivity contribution in [2.75, 3.05) is 16.9 Å². The Morgan fingerprint density at radius 1 is 0.957 bits per heavy atom. The molecule has 0 fully saturated rings. The van der Waals surface area contributed by atoms with E-state index in [0.29, 0.717) is 11.4 Å². The van der Waals surface area contributed by atoms with Gasteiger partial charge in [-0.05, 0) is 42.0 Å². The highest BCUT2D eigenvalue weighted by Crippen LogP contribution is 2.24. The van der Waals surface area contributed by atoms with Gasteiger partial charge >= 0.3 is 11.8 Å². The zero-order valence-corrected chi connectivity index (χ0v) is 14.2. The maximum absolute atomic E-state index is 12.1. The fourth-order valence-electron chi connectivity index (χ4n) is 2.18. The molecule has 0 spiro atoms. The van der Waals surface area contributed by atoms with Crippen LogP contribution in [0.4, 0.5) is 11.4 Å². The van der Waals surface area contributed by atoms with Crippen molar-refractivity contribution in [1.29, 1.82) is 0 Å². The van der Waals surface area contributed by atoms with Crippen LogP contribution in [-0.4, -0.2) is 18.1 Å². The number of hydrogen-bond acceptors (Lipinski definition) is 3.